The molecule has 3 nitrogen and oxygen atoms in total. The molecule has 0 amide bonds. The molecule has 0 bridgehead atoms. The third kappa shape index (κ3) is 3.68. The van der Waals surface area contributed by atoms with Crippen molar-refractivity contribution in [3.05, 3.63) is 53.6 Å². The van der Waals surface area contributed by atoms with Crippen LogP contribution in [0.25, 0.3) is 0 Å². The lowest BCUT2D eigenvalue weighted by molar-refractivity contribution is 0.312. The van der Waals surface area contributed by atoms with Crippen LogP contribution in [0.1, 0.15) is 17.5 Å². The Morgan fingerprint density at radius 2 is 2.00 bits per heavy atom. The van der Waals surface area contributed by atoms with Crippen LogP contribution in [0, 0.1) is 12.7 Å². The Kier molecular flexibility index (Phi) is 4.34. The van der Waals surface area contributed by atoms with Crippen LogP contribution in [0.5, 0.6) is 5.75 Å². The Morgan fingerprint density at radius 1 is 1.26 bits per heavy atom. The number of hydrogen-bond donors (Lipinski definition) is 1. The summed E-state index contributed by atoms with van der Waals surface area (Å²) in [5.74, 6) is 0.246. The van der Waals surface area contributed by atoms with E-state index in [4.69, 9.17) is 10.5 Å². The first-order valence-electron chi connectivity index (χ1n) is 6.24. The van der Waals surface area contributed by atoms with Crippen LogP contribution >= 0.6 is 0 Å². The first kappa shape index (κ1) is 13.3. The van der Waals surface area contributed by atoms with E-state index in [-0.39, 0.29) is 5.82 Å². The first-order chi connectivity index (χ1) is 9.16. The van der Waals surface area contributed by atoms with E-state index in [2.05, 4.69) is 4.98 Å². The van der Waals surface area contributed by atoms with Crippen LogP contribution in [0.2, 0.25) is 0 Å². The van der Waals surface area contributed by atoms with Gasteiger partial charge in [0.25, 0.3) is 0 Å². The van der Waals surface area contributed by atoms with Crippen LogP contribution in [0.3, 0.4) is 0 Å². The maximum absolute atomic E-state index is 13.2. The molecule has 0 aliphatic carbocycles. The minimum Gasteiger partial charge on any atom is -0.491 e. The zero-order chi connectivity index (χ0) is 13.7. The molecule has 19 heavy (non-hydrogen) atoms. The summed E-state index contributed by atoms with van der Waals surface area (Å²) in [7, 11) is 0. The van der Waals surface area contributed by atoms with Crippen molar-refractivity contribution in [1.82, 2.24) is 4.98 Å². The number of hydrogen-bond acceptors (Lipinski definition) is 3. The van der Waals surface area contributed by atoms with Crippen LogP contribution in [0.4, 0.5) is 10.1 Å². The van der Waals surface area contributed by atoms with Crippen molar-refractivity contribution >= 4 is 5.69 Å². The molecular formula is C15H17FN2O. The monoisotopic (exact) mass is 260 g/mol. The van der Waals surface area contributed by atoms with E-state index in [1.807, 2.05) is 12.1 Å². The van der Waals surface area contributed by atoms with Gasteiger partial charge in [-0.05, 0) is 49.1 Å². The molecule has 0 radical (unpaired) electrons. The number of pyridine rings is 1. The fourth-order valence-corrected chi connectivity index (χ4v) is 1.80. The number of benzene rings is 1. The third-order valence-corrected chi connectivity index (χ3v) is 2.91. The van der Waals surface area contributed by atoms with E-state index in [0.717, 1.165) is 12.8 Å². The van der Waals surface area contributed by atoms with Gasteiger partial charge in [0, 0.05) is 18.5 Å². The molecule has 0 fully saturated rings. The van der Waals surface area contributed by atoms with Crippen molar-refractivity contribution in [3.8, 4) is 5.75 Å². The van der Waals surface area contributed by atoms with E-state index in [0.29, 0.717) is 23.6 Å². The summed E-state index contributed by atoms with van der Waals surface area (Å²) in [6, 6.07) is 6.90. The van der Waals surface area contributed by atoms with Crippen molar-refractivity contribution < 1.29 is 9.13 Å². The predicted molar refractivity (Wildman–Crippen MR) is 73.6 cm³/mol. The second-order valence-electron chi connectivity index (χ2n) is 4.45. The molecular weight excluding hydrogens is 243 g/mol. The van der Waals surface area contributed by atoms with Crippen molar-refractivity contribution in [2.45, 2.75) is 19.8 Å². The van der Waals surface area contributed by atoms with Crippen LogP contribution in [-0.2, 0) is 6.42 Å². The average molecular weight is 260 g/mol. The molecule has 1 heterocycles. The third-order valence-electron chi connectivity index (χ3n) is 2.91. The molecule has 0 unspecified atom stereocenters. The topological polar surface area (TPSA) is 48.1 Å². The Bertz CT molecular complexity index is 543. The maximum Gasteiger partial charge on any atom is 0.142 e. The lowest BCUT2D eigenvalue weighted by Gasteiger charge is -2.10. The number of halogens is 1. The fourth-order valence-electron chi connectivity index (χ4n) is 1.80. The van der Waals surface area contributed by atoms with E-state index < -0.39 is 0 Å². The van der Waals surface area contributed by atoms with Crippen LogP contribution in [-0.4, -0.2) is 11.6 Å². The largest absolute Gasteiger partial charge is 0.491 e. The lowest BCUT2D eigenvalue weighted by atomic mass is 10.1. The van der Waals surface area contributed by atoms with Crippen LogP contribution < -0.4 is 10.5 Å². The molecule has 2 N–H and O–H groups in total. The van der Waals surface area contributed by atoms with E-state index in [9.17, 15) is 4.39 Å². The Hall–Kier alpha value is -2.10. The van der Waals surface area contributed by atoms with Gasteiger partial charge in [-0.3, -0.25) is 4.98 Å². The van der Waals surface area contributed by atoms with Gasteiger partial charge in [0.1, 0.15) is 11.6 Å². The average Bonchev–Trinajstić information content (AvgIpc) is 2.41. The van der Waals surface area contributed by atoms with Gasteiger partial charge < -0.3 is 10.5 Å². The number of nitrogen functional groups attached to an aromatic ring is 1. The molecule has 0 atom stereocenters. The van der Waals surface area contributed by atoms with E-state index in [1.54, 1.807) is 25.4 Å². The van der Waals surface area contributed by atoms with Gasteiger partial charge in [0.2, 0.25) is 0 Å². The SMILES string of the molecule is Cc1cc(OCCCc2ccncc2)c(N)cc1F. The van der Waals surface area contributed by atoms with Crippen molar-refractivity contribution in [1.29, 1.82) is 0 Å². The molecule has 1 aromatic carbocycles. The molecule has 0 spiro atoms. The highest BCUT2D eigenvalue weighted by atomic mass is 19.1. The summed E-state index contributed by atoms with van der Waals surface area (Å²) in [5, 5.41) is 0. The highest BCUT2D eigenvalue weighted by molar-refractivity contribution is 5.54. The number of aromatic nitrogens is 1. The number of nitrogens with zero attached hydrogens (tertiary/aromatic N) is 1. The molecule has 0 saturated carbocycles. The second kappa shape index (κ2) is 6.18. The van der Waals surface area contributed by atoms with E-state index >= 15 is 0 Å². The smallest absolute Gasteiger partial charge is 0.142 e. The number of aryl methyl sites for hydroxylation is 2. The fraction of sp³-hybridized carbons (Fsp3) is 0.267. The number of rotatable bonds is 5. The molecule has 1 aromatic heterocycles. The minimum absolute atomic E-state index is 0.304. The second-order valence-corrected chi connectivity index (χ2v) is 4.45. The summed E-state index contributed by atoms with van der Waals surface area (Å²) < 4.78 is 18.8. The summed E-state index contributed by atoms with van der Waals surface area (Å²) in [6.07, 6.45) is 5.34. The van der Waals surface area contributed by atoms with Crippen molar-refractivity contribution in [2.24, 2.45) is 0 Å². The van der Waals surface area contributed by atoms with Gasteiger partial charge in [0.15, 0.2) is 0 Å². The summed E-state index contributed by atoms with van der Waals surface area (Å²) >= 11 is 0. The highest BCUT2D eigenvalue weighted by Crippen LogP contribution is 2.25. The van der Waals surface area contributed by atoms with Crippen molar-refractivity contribution in [2.75, 3.05) is 12.3 Å². The number of nitrogens with two attached hydrogens (primary N) is 1. The molecule has 2 aromatic rings. The van der Waals surface area contributed by atoms with Crippen LogP contribution in [0.15, 0.2) is 36.7 Å². The van der Waals surface area contributed by atoms with Gasteiger partial charge in [-0.25, -0.2) is 4.39 Å². The Balaban J connectivity index is 1.85. The summed E-state index contributed by atoms with van der Waals surface area (Å²) in [4.78, 5) is 3.97. The Morgan fingerprint density at radius 3 is 2.74 bits per heavy atom. The molecule has 0 aliphatic rings. The zero-order valence-corrected chi connectivity index (χ0v) is 10.9. The summed E-state index contributed by atoms with van der Waals surface area (Å²) in [5.41, 5.74) is 7.81. The molecule has 100 valence electrons. The Labute approximate surface area is 112 Å². The minimum atomic E-state index is -0.304. The molecule has 4 heteroatoms. The van der Waals surface area contributed by atoms with Gasteiger partial charge in [0.05, 0.1) is 12.3 Å². The van der Waals surface area contributed by atoms with Gasteiger partial charge in [-0.2, -0.15) is 0 Å². The molecule has 2 rings (SSSR count). The van der Waals surface area contributed by atoms with Crippen molar-refractivity contribution in [3.63, 3.8) is 0 Å². The maximum atomic E-state index is 13.2. The highest BCUT2D eigenvalue weighted by Gasteiger charge is 2.05. The first-order valence-corrected chi connectivity index (χ1v) is 6.24. The van der Waals surface area contributed by atoms with Gasteiger partial charge in [-0.15, -0.1) is 0 Å². The molecule has 0 saturated heterocycles. The molecule has 0 aliphatic heterocycles. The lowest BCUT2D eigenvalue weighted by Crippen LogP contribution is -2.03. The standard InChI is InChI=1S/C15H17FN2O/c1-11-9-15(14(17)10-13(11)16)19-8-2-3-12-4-6-18-7-5-12/h4-7,9-10H,2-3,8,17H2,1H3. The van der Waals surface area contributed by atoms with E-state index in [1.165, 1.54) is 11.6 Å². The predicted octanol–water partition coefficient (Wildman–Crippen LogP) is 3.12. The normalized spacial score (nSPS) is 10.4. The summed E-state index contributed by atoms with van der Waals surface area (Å²) in [6.45, 7) is 2.25. The van der Waals surface area contributed by atoms with Gasteiger partial charge >= 0.3 is 0 Å². The van der Waals surface area contributed by atoms with Gasteiger partial charge in [-0.1, -0.05) is 0 Å². The quantitative estimate of drug-likeness (QED) is 0.663. The zero-order valence-electron chi connectivity index (χ0n) is 10.9. The number of anilines is 1. The number of ether oxygens (including phenoxy) is 1.